The average molecular weight is 340 g/mol. The number of benzene rings is 1. The van der Waals surface area contributed by atoms with Crippen molar-refractivity contribution < 1.29 is 14.3 Å². The molecule has 5 nitrogen and oxygen atoms in total. The molecular weight excluding hydrogens is 316 g/mol. The molecule has 1 aromatic heterocycles. The van der Waals surface area contributed by atoms with Gasteiger partial charge in [-0.2, -0.15) is 0 Å². The van der Waals surface area contributed by atoms with Crippen LogP contribution in [-0.2, 0) is 9.47 Å². The summed E-state index contributed by atoms with van der Waals surface area (Å²) in [5.74, 6) is 0.112. The van der Waals surface area contributed by atoms with E-state index in [0.717, 1.165) is 55.4 Å². The Morgan fingerprint density at radius 2 is 2.12 bits per heavy atom. The predicted molar refractivity (Wildman–Crippen MR) is 95.5 cm³/mol. The van der Waals surface area contributed by atoms with Crippen molar-refractivity contribution in [1.82, 2.24) is 9.88 Å². The molecule has 2 fully saturated rings. The number of hydrogen-bond donors (Lipinski definition) is 0. The van der Waals surface area contributed by atoms with Crippen LogP contribution in [0.4, 0.5) is 0 Å². The number of pyridine rings is 1. The minimum absolute atomic E-state index is 0.112. The van der Waals surface area contributed by atoms with E-state index in [2.05, 4.69) is 4.98 Å². The molecule has 0 N–H and O–H groups in total. The predicted octanol–water partition coefficient (Wildman–Crippen LogP) is 2.89. The number of fused-ring (bicyclic) bond motifs is 1. The lowest BCUT2D eigenvalue weighted by Crippen LogP contribution is -2.43. The van der Waals surface area contributed by atoms with Gasteiger partial charge in [-0.25, -0.2) is 0 Å². The Bertz CT molecular complexity index is 763. The monoisotopic (exact) mass is 340 g/mol. The first-order valence-corrected chi connectivity index (χ1v) is 8.94. The number of carbonyl (C=O) groups excluding carboxylic acids is 1. The van der Waals surface area contributed by atoms with Crippen molar-refractivity contribution in [3.05, 3.63) is 42.1 Å². The number of likely N-dealkylation sites (tertiary alicyclic amines) is 1. The van der Waals surface area contributed by atoms with Crippen molar-refractivity contribution in [3.8, 4) is 0 Å². The Morgan fingerprint density at radius 3 is 2.92 bits per heavy atom. The number of nitrogens with zero attached hydrogens (tertiary/aromatic N) is 2. The van der Waals surface area contributed by atoms with Crippen LogP contribution in [0.5, 0.6) is 0 Å². The zero-order valence-corrected chi connectivity index (χ0v) is 14.6. The second kappa shape index (κ2) is 6.73. The minimum atomic E-state index is 0.112. The van der Waals surface area contributed by atoms with Crippen LogP contribution in [-0.4, -0.2) is 55.3 Å². The first kappa shape index (κ1) is 16.5. The van der Waals surface area contributed by atoms with E-state index >= 15 is 0 Å². The number of amides is 1. The number of aromatic nitrogens is 1. The molecule has 0 bridgehead atoms. The number of hydrogen-bond acceptors (Lipinski definition) is 4. The molecule has 0 saturated carbocycles. The van der Waals surface area contributed by atoms with Gasteiger partial charge in [-0.15, -0.1) is 0 Å². The van der Waals surface area contributed by atoms with Crippen molar-refractivity contribution in [2.24, 2.45) is 5.41 Å². The van der Waals surface area contributed by atoms with E-state index in [0.29, 0.717) is 6.61 Å². The molecule has 1 amide bonds. The lowest BCUT2D eigenvalue weighted by molar-refractivity contribution is 0.0281. The van der Waals surface area contributed by atoms with Gasteiger partial charge in [0.05, 0.1) is 30.4 Å². The fourth-order valence-electron chi connectivity index (χ4n) is 4.17. The third-order valence-corrected chi connectivity index (χ3v) is 5.63. The smallest absolute Gasteiger partial charge is 0.254 e. The maximum Gasteiger partial charge on any atom is 0.254 e. The molecule has 0 unspecified atom stereocenters. The maximum atomic E-state index is 13.0. The molecule has 0 radical (unpaired) electrons. The van der Waals surface area contributed by atoms with Crippen molar-refractivity contribution >= 4 is 16.8 Å². The highest BCUT2D eigenvalue weighted by Crippen LogP contribution is 2.42. The summed E-state index contributed by atoms with van der Waals surface area (Å²) in [4.78, 5) is 19.4. The summed E-state index contributed by atoms with van der Waals surface area (Å²) in [5, 5.41) is 0.930. The van der Waals surface area contributed by atoms with Gasteiger partial charge >= 0.3 is 0 Å². The average Bonchev–Trinajstić information content (AvgIpc) is 3.04. The number of rotatable bonds is 3. The molecule has 2 saturated heterocycles. The fourth-order valence-corrected chi connectivity index (χ4v) is 4.17. The first-order valence-electron chi connectivity index (χ1n) is 8.94. The fraction of sp³-hybridized carbons (Fsp3) is 0.500. The number of piperidine rings is 1. The number of para-hydroxylation sites is 1. The van der Waals surface area contributed by atoms with Gasteiger partial charge in [-0.05, 0) is 36.8 Å². The molecule has 2 aliphatic rings. The van der Waals surface area contributed by atoms with E-state index in [4.69, 9.17) is 9.47 Å². The molecule has 0 aliphatic carbocycles. The summed E-state index contributed by atoms with van der Waals surface area (Å²) in [6.07, 6.45) is 4.97. The molecule has 1 aromatic carbocycles. The highest BCUT2D eigenvalue weighted by molar-refractivity contribution is 6.05. The van der Waals surface area contributed by atoms with Crippen LogP contribution in [0.1, 0.15) is 29.6 Å². The first-order chi connectivity index (χ1) is 12.2. The third-order valence-electron chi connectivity index (χ3n) is 5.63. The van der Waals surface area contributed by atoms with Crippen molar-refractivity contribution in [2.75, 3.05) is 33.4 Å². The van der Waals surface area contributed by atoms with E-state index in [1.165, 1.54) is 0 Å². The Kier molecular flexibility index (Phi) is 4.44. The van der Waals surface area contributed by atoms with E-state index in [1.807, 2.05) is 35.2 Å². The van der Waals surface area contributed by atoms with Gasteiger partial charge in [0, 0.05) is 31.8 Å². The largest absolute Gasteiger partial charge is 0.382 e. The quantitative estimate of drug-likeness (QED) is 0.862. The molecule has 5 heteroatoms. The lowest BCUT2D eigenvalue weighted by Gasteiger charge is -2.38. The zero-order valence-electron chi connectivity index (χ0n) is 14.6. The summed E-state index contributed by atoms with van der Waals surface area (Å²) in [6, 6.07) is 9.66. The van der Waals surface area contributed by atoms with Gasteiger partial charge < -0.3 is 14.4 Å². The van der Waals surface area contributed by atoms with Crippen LogP contribution >= 0.6 is 0 Å². The van der Waals surface area contributed by atoms with Gasteiger partial charge in [0.25, 0.3) is 5.91 Å². The van der Waals surface area contributed by atoms with Crippen LogP contribution in [0.25, 0.3) is 10.9 Å². The molecule has 2 aliphatic heterocycles. The van der Waals surface area contributed by atoms with Crippen molar-refractivity contribution in [1.29, 1.82) is 0 Å². The maximum absolute atomic E-state index is 13.0. The molecular formula is C20H24N2O3. The molecule has 3 heterocycles. The standard InChI is InChI=1S/C20H24N2O3/c1-24-13-15-12-20(14-25-15)7-10-22(11-8-20)19(23)17-6-9-21-18-5-3-2-4-16(17)18/h2-6,9,15H,7-8,10-14H2,1H3/t15-/m0/s1. The lowest BCUT2D eigenvalue weighted by atomic mass is 9.76. The van der Waals surface area contributed by atoms with Gasteiger partial charge in [0.1, 0.15) is 0 Å². The molecule has 2 aromatic rings. The summed E-state index contributed by atoms with van der Waals surface area (Å²) >= 11 is 0. The van der Waals surface area contributed by atoms with Crippen LogP contribution in [0.2, 0.25) is 0 Å². The van der Waals surface area contributed by atoms with Crippen LogP contribution < -0.4 is 0 Å². The summed E-state index contributed by atoms with van der Waals surface area (Å²) in [7, 11) is 1.72. The topological polar surface area (TPSA) is 51.7 Å². The molecule has 1 spiro atoms. The molecule has 4 rings (SSSR count). The Balaban J connectivity index is 1.47. The van der Waals surface area contributed by atoms with Crippen molar-refractivity contribution in [2.45, 2.75) is 25.4 Å². The molecule has 1 atom stereocenters. The summed E-state index contributed by atoms with van der Waals surface area (Å²) in [6.45, 7) is 3.03. The summed E-state index contributed by atoms with van der Waals surface area (Å²) < 4.78 is 11.1. The zero-order chi connectivity index (χ0) is 17.3. The van der Waals surface area contributed by atoms with Gasteiger partial charge in [0.15, 0.2) is 0 Å². The number of carbonyl (C=O) groups is 1. The SMILES string of the molecule is COC[C@@H]1CC2(CCN(C(=O)c3ccnc4ccccc34)CC2)CO1. The number of methoxy groups -OCH3 is 1. The minimum Gasteiger partial charge on any atom is -0.382 e. The van der Waals surface area contributed by atoms with E-state index in [9.17, 15) is 4.79 Å². The van der Waals surface area contributed by atoms with Crippen molar-refractivity contribution in [3.63, 3.8) is 0 Å². The van der Waals surface area contributed by atoms with Gasteiger partial charge in [0.2, 0.25) is 0 Å². The molecule has 25 heavy (non-hydrogen) atoms. The van der Waals surface area contributed by atoms with E-state index < -0.39 is 0 Å². The highest BCUT2D eigenvalue weighted by atomic mass is 16.5. The van der Waals surface area contributed by atoms with Crippen LogP contribution in [0.15, 0.2) is 36.5 Å². The van der Waals surface area contributed by atoms with Crippen LogP contribution in [0.3, 0.4) is 0 Å². The second-order valence-corrected chi connectivity index (χ2v) is 7.26. The third kappa shape index (κ3) is 3.14. The van der Waals surface area contributed by atoms with E-state index in [-0.39, 0.29) is 17.4 Å². The Labute approximate surface area is 147 Å². The highest BCUT2D eigenvalue weighted by Gasteiger charge is 2.43. The van der Waals surface area contributed by atoms with Gasteiger partial charge in [-0.1, -0.05) is 18.2 Å². The van der Waals surface area contributed by atoms with Gasteiger partial charge in [-0.3, -0.25) is 9.78 Å². The number of ether oxygens (including phenoxy) is 2. The Morgan fingerprint density at radius 1 is 1.32 bits per heavy atom. The summed E-state index contributed by atoms with van der Waals surface area (Å²) in [5.41, 5.74) is 1.84. The van der Waals surface area contributed by atoms with E-state index in [1.54, 1.807) is 13.3 Å². The normalized spacial score (nSPS) is 22.6. The second-order valence-electron chi connectivity index (χ2n) is 7.26. The van der Waals surface area contributed by atoms with Crippen LogP contribution in [0, 0.1) is 5.41 Å². The Hall–Kier alpha value is -1.98. The molecule has 132 valence electrons.